The van der Waals surface area contributed by atoms with Crippen LogP contribution in [0.3, 0.4) is 0 Å². The van der Waals surface area contributed by atoms with Gasteiger partial charge in [-0.25, -0.2) is 0 Å². The highest BCUT2D eigenvalue weighted by molar-refractivity contribution is 9.10. The summed E-state index contributed by atoms with van der Waals surface area (Å²) in [5.41, 5.74) is 0.718. The van der Waals surface area contributed by atoms with Crippen LogP contribution < -0.4 is 5.32 Å². The summed E-state index contributed by atoms with van der Waals surface area (Å²) in [5.74, 6) is 0.287. The zero-order valence-electron chi connectivity index (χ0n) is 11.5. The largest absolute Gasteiger partial charge is 0.316 e. The number of carbonyl (C=O) groups excluding carboxylic acids is 1. The van der Waals surface area contributed by atoms with E-state index in [1.54, 1.807) is 6.20 Å². The van der Waals surface area contributed by atoms with E-state index < -0.39 is 0 Å². The summed E-state index contributed by atoms with van der Waals surface area (Å²) in [4.78, 5) is 14.7. The number of rotatable bonds is 5. The molecule has 2 rings (SSSR count). The number of carbonyl (C=O) groups is 1. The number of ketones is 1. The third-order valence-corrected chi connectivity index (χ3v) is 4.04. The van der Waals surface area contributed by atoms with Gasteiger partial charge < -0.3 is 10.2 Å². The molecule has 2 heterocycles. The standard InChI is InChI=1S/C13H21BrN4O/c1-17(2)6-7-18-12(11(14)9-16-18)13(19)10-4-3-5-15-8-10/h9-10,15H,3-8H2,1-2H3. The van der Waals surface area contributed by atoms with Crippen molar-refractivity contribution >= 4 is 21.7 Å². The van der Waals surface area contributed by atoms with Gasteiger partial charge in [-0.3, -0.25) is 9.48 Å². The van der Waals surface area contributed by atoms with Gasteiger partial charge in [0, 0.05) is 19.0 Å². The number of piperidine rings is 1. The van der Waals surface area contributed by atoms with Gasteiger partial charge in [-0.05, 0) is 49.4 Å². The summed E-state index contributed by atoms with van der Waals surface area (Å²) in [6.45, 7) is 3.41. The fraction of sp³-hybridized carbons (Fsp3) is 0.692. The van der Waals surface area contributed by atoms with Crippen molar-refractivity contribution in [2.24, 2.45) is 5.92 Å². The number of nitrogens with one attached hydrogen (secondary N) is 1. The van der Waals surface area contributed by atoms with Gasteiger partial charge in [0.25, 0.3) is 0 Å². The van der Waals surface area contributed by atoms with Gasteiger partial charge in [-0.15, -0.1) is 0 Å². The smallest absolute Gasteiger partial charge is 0.186 e. The first-order valence-corrected chi connectivity index (χ1v) is 7.50. The van der Waals surface area contributed by atoms with E-state index in [2.05, 4.69) is 31.2 Å². The molecule has 5 nitrogen and oxygen atoms in total. The predicted octanol–water partition coefficient (Wildman–Crippen LogP) is 1.39. The summed E-state index contributed by atoms with van der Waals surface area (Å²) >= 11 is 3.45. The molecule has 0 aromatic carbocycles. The van der Waals surface area contributed by atoms with Crippen LogP contribution in [0.4, 0.5) is 0 Å². The highest BCUT2D eigenvalue weighted by Crippen LogP contribution is 2.23. The Hall–Kier alpha value is -0.720. The quantitative estimate of drug-likeness (QED) is 0.830. The molecule has 0 aliphatic carbocycles. The van der Waals surface area contributed by atoms with Crippen molar-refractivity contribution < 1.29 is 4.79 Å². The topological polar surface area (TPSA) is 50.2 Å². The molecule has 1 saturated heterocycles. The van der Waals surface area contributed by atoms with Crippen molar-refractivity contribution in [3.63, 3.8) is 0 Å². The van der Waals surface area contributed by atoms with Gasteiger partial charge in [-0.2, -0.15) is 5.10 Å². The van der Waals surface area contributed by atoms with Gasteiger partial charge in [0.15, 0.2) is 5.78 Å². The molecule has 0 radical (unpaired) electrons. The zero-order valence-corrected chi connectivity index (χ0v) is 13.1. The summed E-state index contributed by atoms with van der Waals surface area (Å²) in [5, 5.41) is 7.60. The lowest BCUT2D eigenvalue weighted by Crippen LogP contribution is -2.35. The molecule has 1 atom stereocenters. The minimum atomic E-state index is 0.0832. The molecule has 6 heteroatoms. The van der Waals surface area contributed by atoms with Crippen LogP contribution in [-0.4, -0.2) is 54.2 Å². The Kier molecular flexibility index (Phi) is 5.13. The molecule has 0 bridgehead atoms. The van der Waals surface area contributed by atoms with Crippen molar-refractivity contribution in [2.45, 2.75) is 19.4 Å². The molecule has 1 N–H and O–H groups in total. The fourth-order valence-corrected chi connectivity index (χ4v) is 2.83. The Balaban J connectivity index is 2.13. The van der Waals surface area contributed by atoms with Gasteiger partial charge in [0.1, 0.15) is 5.69 Å². The van der Waals surface area contributed by atoms with Crippen LogP contribution >= 0.6 is 15.9 Å². The number of Topliss-reactive ketones (excluding diaryl/α,β-unsaturated/α-hetero) is 1. The molecule has 0 spiro atoms. The molecule has 1 aromatic heterocycles. The van der Waals surface area contributed by atoms with Crippen molar-refractivity contribution in [3.8, 4) is 0 Å². The zero-order chi connectivity index (χ0) is 13.8. The van der Waals surface area contributed by atoms with Crippen LogP contribution in [0.2, 0.25) is 0 Å². The van der Waals surface area contributed by atoms with E-state index in [0.717, 1.165) is 49.2 Å². The molecule has 1 aliphatic heterocycles. The number of halogens is 1. The SMILES string of the molecule is CN(C)CCn1ncc(Br)c1C(=O)C1CCCNC1. The molecule has 1 unspecified atom stereocenters. The lowest BCUT2D eigenvalue weighted by Gasteiger charge is -2.22. The second-order valence-corrected chi connectivity index (χ2v) is 6.13. The lowest BCUT2D eigenvalue weighted by atomic mass is 9.93. The number of hydrogen-bond donors (Lipinski definition) is 1. The molecule has 1 aliphatic rings. The predicted molar refractivity (Wildman–Crippen MR) is 78.4 cm³/mol. The Morgan fingerprint density at radius 1 is 1.63 bits per heavy atom. The Labute approximate surface area is 122 Å². The Morgan fingerprint density at radius 3 is 3.05 bits per heavy atom. The first kappa shape index (κ1) is 14.7. The molecule has 106 valence electrons. The van der Waals surface area contributed by atoms with E-state index >= 15 is 0 Å². The number of nitrogens with zero attached hydrogens (tertiary/aromatic N) is 3. The summed E-state index contributed by atoms with van der Waals surface area (Å²) in [6.07, 6.45) is 3.76. The van der Waals surface area contributed by atoms with Gasteiger partial charge in [0.05, 0.1) is 17.2 Å². The van der Waals surface area contributed by atoms with Crippen molar-refractivity contribution in [1.29, 1.82) is 0 Å². The van der Waals surface area contributed by atoms with E-state index in [-0.39, 0.29) is 11.7 Å². The minimum absolute atomic E-state index is 0.0832. The van der Waals surface area contributed by atoms with E-state index in [9.17, 15) is 4.79 Å². The van der Waals surface area contributed by atoms with Crippen molar-refractivity contribution in [3.05, 3.63) is 16.4 Å². The Bertz CT molecular complexity index is 438. The minimum Gasteiger partial charge on any atom is -0.316 e. The van der Waals surface area contributed by atoms with Crippen LogP contribution in [0.5, 0.6) is 0 Å². The first-order valence-electron chi connectivity index (χ1n) is 6.70. The normalized spacial score (nSPS) is 19.9. The van der Waals surface area contributed by atoms with Crippen LogP contribution in [0.15, 0.2) is 10.7 Å². The number of hydrogen-bond acceptors (Lipinski definition) is 4. The van der Waals surface area contributed by atoms with Crippen molar-refractivity contribution in [1.82, 2.24) is 20.0 Å². The maximum Gasteiger partial charge on any atom is 0.186 e. The molecule has 1 fully saturated rings. The van der Waals surface area contributed by atoms with E-state index in [4.69, 9.17) is 0 Å². The maximum absolute atomic E-state index is 12.6. The molecule has 1 aromatic rings. The maximum atomic E-state index is 12.6. The van der Waals surface area contributed by atoms with E-state index in [1.165, 1.54) is 0 Å². The monoisotopic (exact) mass is 328 g/mol. The first-order chi connectivity index (χ1) is 9.09. The molecular weight excluding hydrogens is 308 g/mol. The van der Waals surface area contributed by atoms with Gasteiger partial charge in [0.2, 0.25) is 0 Å². The van der Waals surface area contributed by atoms with Crippen LogP contribution in [0, 0.1) is 5.92 Å². The van der Waals surface area contributed by atoms with Crippen LogP contribution in [0.1, 0.15) is 23.3 Å². The van der Waals surface area contributed by atoms with Crippen LogP contribution in [-0.2, 0) is 6.54 Å². The molecule has 0 amide bonds. The van der Waals surface area contributed by atoms with Crippen molar-refractivity contribution in [2.75, 3.05) is 33.7 Å². The highest BCUT2D eigenvalue weighted by Gasteiger charge is 2.27. The number of likely N-dealkylation sites (N-methyl/N-ethyl adjacent to an activating group) is 1. The summed E-state index contributed by atoms with van der Waals surface area (Å²) < 4.78 is 2.63. The third-order valence-electron chi connectivity index (χ3n) is 3.45. The fourth-order valence-electron chi connectivity index (χ4n) is 2.34. The van der Waals surface area contributed by atoms with E-state index in [1.807, 2.05) is 18.8 Å². The second-order valence-electron chi connectivity index (χ2n) is 5.28. The number of aromatic nitrogens is 2. The lowest BCUT2D eigenvalue weighted by molar-refractivity contribution is 0.0887. The molecular formula is C13H21BrN4O. The average Bonchev–Trinajstić information content (AvgIpc) is 2.78. The Morgan fingerprint density at radius 2 is 2.42 bits per heavy atom. The summed E-state index contributed by atoms with van der Waals surface area (Å²) in [7, 11) is 4.04. The van der Waals surface area contributed by atoms with Gasteiger partial charge >= 0.3 is 0 Å². The van der Waals surface area contributed by atoms with E-state index in [0.29, 0.717) is 0 Å². The second kappa shape index (κ2) is 6.63. The molecule has 19 heavy (non-hydrogen) atoms. The molecule has 0 saturated carbocycles. The highest BCUT2D eigenvalue weighted by atomic mass is 79.9. The average molecular weight is 329 g/mol. The van der Waals surface area contributed by atoms with Crippen LogP contribution in [0.25, 0.3) is 0 Å². The third kappa shape index (κ3) is 3.64. The summed E-state index contributed by atoms with van der Waals surface area (Å²) in [6, 6.07) is 0. The van der Waals surface area contributed by atoms with Gasteiger partial charge in [-0.1, -0.05) is 0 Å².